The minimum absolute atomic E-state index is 0.268. The molecule has 0 aromatic heterocycles. The Labute approximate surface area is 133 Å². The second-order valence-corrected chi connectivity index (χ2v) is 7.84. The van der Waals surface area contributed by atoms with E-state index < -0.39 is 0 Å². The predicted molar refractivity (Wildman–Crippen MR) is 88.2 cm³/mol. The van der Waals surface area contributed by atoms with Crippen LogP contribution in [0.1, 0.15) is 57.6 Å². The van der Waals surface area contributed by atoms with Gasteiger partial charge in [0.2, 0.25) is 0 Å². The molecule has 0 radical (unpaired) electrons. The van der Waals surface area contributed by atoms with E-state index in [0.717, 1.165) is 30.5 Å². The molecule has 0 N–H and O–H groups in total. The summed E-state index contributed by atoms with van der Waals surface area (Å²) in [7, 11) is 0. The first-order chi connectivity index (χ1) is 9.91. The van der Waals surface area contributed by atoms with E-state index in [9.17, 15) is 0 Å². The molecule has 116 valence electrons. The first-order valence-corrected chi connectivity index (χ1v) is 8.49. The molecule has 3 rings (SSSR count). The summed E-state index contributed by atoms with van der Waals surface area (Å²) in [5.74, 6) is 2.08. The van der Waals surface area contributed by atoms with Crippen LogP contribution in [0.3, 0.4) is 0 Å². The van der Waals surface area contributed by atoms with Gasteiger partial charge in [-0.25, -0.2) is 0 Å². The number of halogens is 1. The van der Waals surface area contributed by atoms with Crippen LogP contribution >= 0.6 is 11.6 Å². The maximum absolute atomic E-state index is 6.49. The Morgan fingerprint density at radius 2 is 1.95 bits per heavy atom. The quantitative estimate of drug-likeness (QED) is 0.791. The Hall–Kier alpha value is -0.730. The molecule has 0 bridgehead atoms. The summed E-state index contributed by atoms with van der Waals surface area (Å²) in [6.07, 6.45) is 2.50. The molecule has 21 heavy (non-hydrogen) atoms. The van der Waals surface area contributed by atoms with Gasteiger partial charge in [0.25, 0.3) is 0 Å². The molecule has 1 fully saturated rings. The Bertz CT molecular complexity index is 534. The zero-order chi connectivity index (χ0) is 15.2. The molecule has 1 aliphatic carbocycles. The van der Waals surface area contributed by atoms with Crippen LogP contribution in [0.2, 0.25) is 5.02 Å². The SMILES string of the molecule is CC(C)CN1Cc2cc(C(C)C)cc(Cl)c2OCC12CC2. The van der Waals surface area contributed by atoms with Crippen molar-refractivity contribution in [3.05, 3.63) is 28.3 Å². The number of benzene rings is 1. The molecule has 1 saturated carbocycles. The number of nitrogens with zero attached hydrogens (tertiary/aromatic N) is 1. The minimum Gasteiger partial charge on any atom is -0.490 e. The average molecular weight is 308 g/mol. The largest absolute Gasteiger partial charge is 0.490 e. The molecule has 0 atom stereocenters. The van der Waals surface area contributed by atoms with Crippen LogP contribution in [-0.2, 0) is 6.54 Å². The number of hydrogen-bond donors (Lipinski definition) is 0. The van der Waals surface area contributed by atoms with Crippen LogP contribution in [0, 0.1) is 5.92 Å². The van der Waals surface area contributed by atoms with Gasteiger partial charge in [0.1, 0.15) is 12.4 Å². The van der Waals surface area contributed by atoms with Gasteiger partial charge in [0.05, 0.1) is 10.6 Å². The number of fused-ring (bicyclic) bond motifs is 1. The van der Waals surface area contributed by atoms with Gasteiger partial charge in [-0.1, -0.05) is 45.4 Å². The zero-order valence-electron chi connectivity index (χ0n) is 13.6. The van der Waals surface area contributed by atoms with Crippen LogP contribution in [0.15, 0.2) is 12.1 Å². The molecule has 1 aliphatic heterocycles. The summed E-state index contributed by atoms with van der Waals surface area (Å²) in [4.78, 5) is 2.63. The van der Waals surface area contributed by atoms with Gasteiger partial charge in [-0.3, -0.25) is 4.90 Å². The van der Waals surface area contributed by atoms with E-state index >= 15 is 0 Å². The average Bonchev–Trinajstić information content (AvgIpc) is 3.18. The lowest BCUT2D eigenvalue weighted by atomic mass is 9.99. The van der Waals surface area contributed by atoms with Crippen molar-refractivity contribution in [2.75, 3.05) is 13.2 Å². The lowest BCUT2D eigenvalue weighted by Crippen LogP contribution is -2.41. The van der Waals surface area contributed by atoms with Crippen molar-refractivity contribution in [2.24, 2.45) is 5.92 Å². The van der Waals surface area contributed by atoms with Gasteiger partial charge in [-0.15, -0.1) is 0 Å². The van der Waals surface area contributed by atoms with Crippen LogP contribution < -0.4 is 4.74 Å². The van der Waals surface area contributed by atoms with E-state index in [4.69, 9.17) is 16.3 Å². The lowest BCUT2D eigenvalue weighted by Gasteiger charge is -2.30. The third kappa shape index (κ3) is 2.93. The normalized spacial score (nSPS) is 20.5. The van der Waals surface area contributed by atoms with Crippen LogP contribution in [0.4, 0.5) is 0 Å². The van der Waals surface area contributed by atoms with Crippen molar-refractivity contribution >= 4 is 11.6 Å². The Kier molecular flexibility index (Phi) is 3.96. The van der Waals surface area contributed by atoms with Crippen molar-refractivity contribution in [3.63, 3.8) is 0 Å². The number of ether oxygens (including phenoxy) is 1. The highest BCUT2D eigenvalue weighted by Crippen LogP contribution is 2.47. The fraction of sp³-hybridized carbons (Fsp3) is 0.667. The highest BCUT2D eigenvalue weighted by atomic mass is 35.5. The molecule has 1 spiro atoms. The van der Waals surface area contributed by atoms with Crippen LogP contribution in [0.25, 0.3) is 0 Å². The summed E-state index contributed by atoms with van der Waals surface area (Å²) in [5, 5.41) is 0.776. The molecule has 0 unspecified atom stereocenters. The van der Waals surface area contributed by atoms with Gasteiger partial charge in [0, 0.05) is 18.7 Å². The van der Waals surface area contributed by atoms with E-state index in [1.54, 1.807) is 0 Å². The zero-order valence-corrected chi connectivity index (χ0v) is 14.3. The van der Waals surface area contributed by atoms with Crippen molar-refractivity contribution in [1.82, 2.24) is 4.90 Å². The molecular formula is C18H26ClNO. The Balaban J connectivity index is 1.96. The lowest BCUT2D eigenvalue weighted by molar-refractivity contribution is 0.113. The standard InChI is InChI=1S/C18H26ClNO/c1-12(2)9-20-10-15-7-14(13(3)4)8-16(19)17(15)21-11-18(20)5-6-18/h7-8,12-13H,5-6,9-11H2,1-4H3. The molecule has 0 saturated heterocycles. The van der Waals surface area contributed by atoms with Gasteiger partial charge in [0.15, 0.2) is 0 Å². The molecule has 0 amide bonds. The van der Waals surface area contributed by atoms with E-state index in [0.29, 0.717) is 11.8 Å². The maximum Gasteiger partial charge on any atom is 0.142 e. The van der Waals surface area contributed by atoms with Crippen molar-refractivity contribution in [3.8, 4) is 5.75 Å². The van der Waals surface area contributed by atoms with Gasteiger partial charge >= 0.3 is 0 Å². The summed E-state index contributed by atoms with van der Waals surface area (Å²) < 4.78 is 6.13. The minimum atomic E-state index is 0.268. The second-order valence-electron chi connectivity index (χ2n) is 7.43. The van der Waals surface area contributed by atoms with Gasteiger partial charge in [-0.05, 0) is 36.3 Å². The fourth-order valence-electron chi connectivity index (χ4n) is 3.26. The highest BCUT2D eigenvalue weighted by molar-refractivity contribution is 6.32. The van der Waals surface area contributed by atoms with E-state index in [2.05, 4.69) is 44.7 Å². The van der Waals surface area contributed by atoms with E-state index in [1.165, 1.54) is 24.0 Å². The second kappa shape index (κ2) is 5.48. The van der Waals surface area contributed by atoms with Crippen molar-refractivity contribution < 1.29 is 4.74 Å². The third-order valence-corrected chi connectivity index (χ3v) is 5.02. The van der Waals surface area contributed by atoms with Crippen LogP contribution in [-0.4, -0.2) is 23.6 Å². The third-order valence-electron chi connectivity index (χ3n) is 4.74. The molecule has 3 heteroatoms. The molecule has 1 heterocycles. The summed E-state index contributed by atoms with van der Waals surface area (Å²) in [5.41, 5.74) is 2.83. The maximum atomic E-state index is 6.49. The summed E-state index contributed by atoms with van der Waals surface area (Å²) in [6.45, 7) is 11.9. The summed E-state index contributed by atoms with van der Waals surface area (Å²) in [6, 6.07) is 4.36. The molecule has 1 aromatic carbocycles. The van der Waals surface area contributed by atoms with Crippen molar-refractivity contribution in [2.45, 2.75) is 58.5 Å². The first kappa shape index (κ1) is 15.2. The molecule has 2 nitrogen and oxygen atoms in total. The number of rotatable bonds is 3. The predicted octanol–water partition coefficient (Wildman–Crippen LogP) is 4.85. The van der Waals surface area contributed by atoms with Crippen molar-refractivity contribution in [1.29, 1.82) is 0 Å². The number of hydrogen-bond acceptors (Lipinski definition) is 2. The van der Waals surface area contributed by atoms with E-state index in [1.807, 2.05) is 0 Å². The smallest absolute Gasteiger partial charge is 0.142 e. The summed E-state index contributed by atoms with van der Waals surface area (Å²) >= 11 is 6.49. The Morgan fingerprint density at radius 1 is 1.24 bits per heavy atom. The molecular weight excluding hydrogens is 282 g/mol. The van der Waals surface area contributed by atoms with Crippen LogP contribution in [0.5, 0.6) is 5.75 Å². The highest BCUT2D eigenvalue weighted by Gasteiger charge is 2.50. The fourth-order valence-corrected chi connectivity index (χ4v) is 3.56. The van der Waals surface area contributed by atoms with Gasteiger partial charge in [-0.2, -0.15) is 0 Å². The van der Waals surface area contributed by atoms with Gasteiger partial charge < -0.3 is 4.74 Å². The monoisotopic (exact) mass is 307 g/mol. The topological polar surface area (TPSA) is 12.5 Å². The Morgan fingerprint density at radius 3 is 2.52 bits per heavy atom. The first-order valence-electron chi connectivity index (χ1n) is 8.11. The van der Waals surface area contributed by atoms with E-state index in [-0.39, 0.29) is 5.54 Å². The molecule has 1 aromatic rings. The molecule has 2 aliphatic rings.